The Morgan fingerprint density at radius 1 is 1.10 bits per heavy atom. The maximum atomic E-state index is 11.2. The number of ether oxygens (including phenoxy) is 1. The Hall–Kier alpha value is -1.43. The number of nitrogens with zero attached hydrogens (tertiary/aromatic N) is 1. The molecule has 112 valence electrons. The average Bonchev–Trinajstić information content (AvgIpc) is 2.40. The molecule has 0 saturated heterocycles. The zero-order valence-electron chi connectivity index (χ0n) is 11.4. The topological polar surface area (TPSA) is 46.6 Å². The molecule has 0 saturated carbocycles. The van der Waals surface area contributed by atoms with E-state index < -0.39 is 9.05 Å². The number of anilines is 1. The molecule has 0 spiro atoms. The average molecular weight is 346 g/mol. The molecule has 0 unspecified atom stereocenters. The summed E-state index contributed by atoms with van der Waals surface area (Å²) in [7, 11) is 5.30. The molecule has 0 aliphatic carbocycles. The lowest BCUT2D eigenvalue weighted by molar-refractivity contribution is 0.482. The first-order valence-electron chi connectivity index (χ1n) is 5.97. The summed E-state index contributed by atoms with van der Waals surface area (Å²) >= 11 is 6.03. The Bertz CT molecular complexity index is 761. The van der Waals surface area contributed by atoms with Crippen LogP contribution in [0.25, 0.3) is 0 Å². The fourth-order valence-electron chi connectivity index (χ4n) is 1.67. The first-order chi connectivity index (χ1) is 9.77. The summed E-state index contributed by atoms with van der Waals surface area (Å²) in [4.78, 5) is 1.88. The number of benzene rings is 2. The van der Waals surface area contributed by atoms with Crippen LogP contribution in [0, 0.1) is 0 Å². The minimum Gasteiger partial charge on any atom is -0.456 e. The molecule has 2 aromatic carbocycles. The normalized spacial score (nSPS) is 11.2. The SMILES string of the molecule is CN(C)c1cccc(Oc2ccc(S(=O)(=O)Cl)cc2Cl)c1. The molecule has 2 rings (SSSR count). The minimum atomic E-state index is -3.81. The predicted molar refractivity (Wildman–Crippen MR) is 85.3 cm³/mol. The zero-order valence-corrected chi connectivity index (χ0v) is 13.7. The van der Waals surface area contributed by atoms with Crippen LogP contribution in [0.3, 0.4) is 0 Å². The molecule has 0 aliphatic heterocycles. The zero-order chi connectivity index (χ0) is 15.6. The molecule has 0 radical (unpaired) electrons. The van der Waals surface area contributed by atoms with Crippen LogP contribution in [0.1, 0.15) is 0 Å². The highest BCUT2D eigenvalue weighted by atomic mass is 35.7. The van der Waals surface area contributed by atoms with Crippen molar-refractivity contribution < 1.29 is 13.2 Å². The second-order valence-corrected chi connectivity index (χ2v) is 7.50. The summed E-state index contributed by atoms with van der Waals surface area (Å²) in [6, 6.07) is 11.5. The van der Waals surface area contributed by atoms with Gasteiger partial charge >= 0.3 is 0 Å². The van der Waals surface area contributed by atoms with Crippen LogP contribution in [0.2, 0.25) is 5.02 Å². The van der Waals surface area contributed by atoms with Gasteiger partial charge in [-0.1, -0.05) is 17.7 Å². The van der Waals surface area contributed by atoms with Crippen molar-refractivity contribution in [3.05, 3.63) is 47.5 Å². The fourth-order valence-corrected chi connectivity index (χ4v) is 2.73. The lowest BCUT2D eigenvalue weighted by Crippen LogP contribution is -2.08. The van der Waals surface area contributed by atoms with Gasteiger partial charge in [0, 0.05) is 36.5 Å². The van der Waals surface area contributed by atoms with Gasteiger partial charge in [-0.25, -0.2) is 8.42 Å². The van der Waals surface area contributed by atoms with E-state index in [1.165, 1.54) is 18.2 Å². The highest BCUT2D eigenvalue weighted by molar-refractivity contribution is 8.13. The molecule has 21 heavy (non-hydrogen) atoms. The van der Waals surface area contributed by atoms with Gasteiger partial charge in [-0.3, -0.25) is 0 Å². The number of hydrogen-bond donors (Lipinski definition) is 0. The molecule has 0 aromatic heterocycles. The Morgan fingerprint density at radius 2 is 1.81 bits per heavy atom. The third-order valence-electron chi connectivity index (χ3n) is 2.75. The van der Waals surface area contributed by atoms with E-state index in [0.717, 1.165) is 5.69 Å². The minimum absolute atomic E-state index is 0.0661. The van der Waals surface area contributed by atoms with Gasteiger partial charge in [0.05, 0.1) is 9.92 Å². The van der Waals surface area contributed by atoms with Crippen molar-refractivity contribution in [2.75, 3.05) is 19.0 Å². The molecular formula is C14H13Cl2NO3S. The van der Waals surface area contributed by atoms with Crippen molar-refractivity contribution in [2.24, 2.45) is 0 Å². The van der Waals surface area contributed by atoms with Crippen molar-refractivity contribution >= 4 is 37.0 Å². The summed E-state index contributed by atoms with van der Waals surface area (Å²) < 4.78 is 28.1. The quantitative estimate of drug-likeness (QED) is 0.781. The standard InChI is InChI=1S/C14H13Cl2NO3S/c1-17(2)10-4-3-5-11(8-10)20-14-7-6-12(9-13(14)15)21(16,18)19/h3-9H,1-2H3. The summed E-state index contributed by atoms with van der Waals surface area (Å²) in [5, 5.41) is 0.173. The van der Waals surface area contributed by atoms with Crippen LogP contribution in [-0.2, 0) is 9.05 Å². The van der Waals surface area contributed by atoms with Gasteiger partial charge < -0.3 is 9.64 Å². The maximum absolute atomic E-state index is 11.2. The van der Waals surface area contributed by atoms with Crippen molar-refractivity contribution in [3.63, 3.8) is 0 Å². The van der Waals surface area contributed by atoms with Gasteiger partial charge in [0.25, 0.3) is 9.05 Å². The fraction of sp³-hybridized carbons (Fsp3) is 0.143. The van der Waals surface area contributed by atoms with Gasteiger partial charge in [0.2, 0.25) is 0 Å². The number of halogens is 2. The monoisotopic (exact) mass is 345 g/mol. The highest BCUT2D eigenvalue weighted by Crippen LogP contribution is 2.33. The Labute approximate surface area is 133 Å². The van der Waals surface area contributed by atoms with Crippen LogP contribution < -0.4 is 9.64 Å². The van der Waals surface area contributed by atoms with E-state index in [2.05, 4.69) is 0 Å². The van der Waals surface area contributed by atoms with E-state index in [-0.39, 0.29) is 9.92 Å². The molecular weight excluding hydrogens is 333 g/mol. The summed E-state index contributed by atoms with van der Waals surface area (Å²) in [5.74, 6) is 0.959. The lowest BCUT2D eigenvalue weighted by Gasteiger charge is -2.14. The smallest absolute Gasteiger partial charge is 0.261 e. The Balaban J connectivity index is 2.30. The van der Waals surface area contributed by atoms with Crippen molar-refractivity contribution in [2.45, 2.75) is 4.90 Å². The van der Waals surface area contributed by atoms with E-state index in [1.807, 2.05) is 37.2 Å². The molecule has 0 atom stereocenters. The van der Waals surface area contributed by atoms with Crippen LogP contribution in [0.5, 0.6) is 11.5 Å². The first kappa shape index (κ1) is 15.9. The van der Waals surface area contributed by atoms with E-state index >= 15 is 0 Å². The van der Waals surface area contributed by atoms with E-state index in [0.29, 0.717) is 11.5 Å². The first-order valence-corrected chi connectivity index (χ1v) is 8.65. The van der Waals surface area contributed by atoms with Gasteiger partial charge in [-0.05, 0) is 30.3 Å². The third kappa shape index (κ3) is 4.03. The van der Waals surface area contributed by atoms with Crippen molar-refractivity contribution in [1.82, 2.24) is 0 Å². The van der Waals surface area contributed by atoms with E-state index in [1.54, 1.807) is 6.07 Å². The number of rotatable bonds is 4. The molecule has 2 aromatic rings. The van der Waals surface area contributed by atoms with Crippen LogP contribution in [0.4, 0.5) is 5.69 Å². The molecule has 7 heteroatoms. The Kier molecular flexibility index (Phi) is 4.66. The molecule has 4 nitrogen and oxygen atoms in total. The van der Waals surface area contributed by atoms with Crippen LogP contribution in [0.15, 0.2) is 47.4 Å². The summed E-state index contributed by atoms with van der Waals surface area (Å²) in [5.41, 5.74) is 0.976. The second kappa shape index (κ2) is 6.13. The highest BCUT2D eigenvalue weighted by Gasteiger charge is 2.13. The van der Waals surface area contributed by atoms with Crippen molar-refractivity contribution in [3.8, 4) is 11.5 Å². The number of hydrogen-bond acceptors (Lipinski definition) is 4. The maximum Gasteiger partial charge on any atom is 0.261 e. The van der Waals surface area contributed by atoms with Gasteiger partial charge in [0.15, 0.2) is 0 Å². The van der Waals surface area contributed by atoms with Gasteiger partial charge in [0.1, 0.15) is 11.5 Å². The molecule has 0 N–H and O–H groups in total. The molecule has 0 aliphatic rings. The lowest BCUT2D eigenvalue weighted by atomic mass is 10.3. The van der Waals surface area contributed by atoms with Crippen LogP contribution in [-0.4, -0.2) is 22.5 Å². The Morgan fingerprint density at radius 3 is 2.38 bits per heavy atom. The second-order valence-electron chi connectivity index (χ2n) is 4.52. The molecule has 0 heterocycles. The van der Waals surface area contributed by atoms with Gasteiger partial charge in [-0.2, -0.15) is 0 Å². The molecule has 0 bridgehead atoms. The molecule has 0 amide bonds. The summed E-state index contributed by atoms with van der Waals surface area (Å²) in [6.45, 7) is 0. The van der Waals surface area contributed by atoms with Gasteiger partial charge in [-0.15, -0.1) is 0 Å². The molecule has 0 fully saturated rings. The van der Waals surface area contributed by atoms with E-state index in [9.17, 15) is 8.42 Å². The van der Waals surface area contributed by atoms with Crippen molar-refractivity contribution in [1.29, 1.82) is 0 Å². The summed E-state index contributed by atoms with van der Waals surface area (Å²) in [6.07, 6.45) is 0. The van der Waals surface area contributed by atoms with Crippen LogP contribution >= 0.6 is 22.3 Å². The third-order valence-corrected chi connectivity index (χ3v) is 4.39. The predicted octanol–water partition coefficient (Wildman–Crippen LogP) is 4.13. The van der Waals surface area contributed by atoms with E-state index in [4.69, 9.17) is 27.0 Å². The largest absolute Gasteiger partial charge is 0.456 e.